The Morgan fingerprint density at radius 2 is 2.22 bits per heavy atom. The van der Waals surface area contributed by atoms with Gasteiger partial charge in [-0.2, -0.15) is 0 Å². The van der Waals surface area contributed by atoms with Gasteiger partial charge < -0.3 is 5.11 Å². The van der Waals surface area contributed by atoms with Crippen molar-refractivity contribution >= 4 is 15.8 Å². The van der Waals surface area contributed by atoms with E-state index in [2.05, 4.69) is 21.5 Å². The molecular formula is C12H16N2O3S. The summed E-state index contributed by atoms with van der Waals surface area (Å²) in [5.41, 5.74) is 0.416. The van der Waals surface area contributed by atoms with Crippen LogP contribution in [-0.4, -0.2) is 30.9 Å². The highest BCUT2D eigenvalue weighted by Gasteiger charge is 2.10. The van der Waals surface area contributed by atoms with Gasteiger partial charge in [0.15, 0.2) is 0 Å². The summed E-state index contributed by atoms with van der Waals surface area (Å²) >= 11 is 0. The number of aliphatic hydroxyl groups excluding tert-OH is 1. The monoisotopic (exact) mass is 268 g/mol. The molecule has 0 aliphatic heterocycles. The van der Waals surface area contributed by atoms with E-state index in [-0.39, 0.29) is 18.2 Å². The maximum atomic E-state index is 11.7. The highest BCUT2D eigenvalue weighted by Crippen LogP contribution is 2.07. The lowest BCUT2D eigenvalue weighted by Gasteiger charge is -2.06. The Kier molecular flexibility index (Phi) is 5.62. The minimum absolute atomic E-state index is 0.0811. The molecule has 0 unspecified atom stereocenters. The van der Waals surface area contributed by atoms with E-state index >= 15 is 0 Å². The van der Waals surface area contributed by atoms with E-state index in [1.807, 2.05) is 6.92 Å². The van der Waals surface area contributed by atoms with E-state index in [9.17, 15) is 8.42 Å². The molecule has 0 atom stereocenters. The highest BCUT2D eigenvalue weighted by atomic mass is 32.2. The predicted octanol–water partition coefficient (Wildman–Crippen LogP) is 0.967. The second-order valence-electron chi connectivity index (χ2n) is 3.64. The fourth-order valence-corrected chi connectivity index (χ4v) is 2.44. The molecule has 0 bridgehead atoms. The molecule has 0 aliphatic carbocycles. The molecule has 1 aromatic heterocycles. The third-order valence-corrected chi connectivity index (χ3v) is 3.42. The first-order valence-corrected chi connectivity index (χ1v) is 7.30. The van der Waals surface area contributed by atoms with Gasteiger partial charge in [0.1, 0.15) is 18.1 Å². The summed E-state index contributed by atoms with van der Waals surface area (Å²) in [4.78, 5) is 4.03. The zero-order valence-electron chi connectivity index (χ0n) is 10.2. The maximum Gasteiger partial charge on any atom is 0.233 e. The van der Waals surface area contributed by atoms with E-state index in [1.54, 1.807) is 18.2 Å². The van der Waals surface area contributed by atoms with Crippen LogP contribution in [0.2, 0.25) is 0 Å². The normalized spacial score (nSPS) is 10.6. The Bertz CT molecular complexity index is 544. The fourth-order valence-electron chi connectivity index (χ4n) is 1.24. The molecule has 0 aliphatic rings. The summed E-state index contributed by atoms with van der Waals surface area (Å²) in [5.74, 6) is 5.40. The lowest BCUT2D eigenvalue weighted by atomic mass is 10.3. The third kappa shape index (κ3) is 5.17. The maximum absolute atomic E-state index is 11.7. The second-order valence-corrected chi connectivity index (χ2v) is 5.48. The average Bonchev–Trinajstić information content (AvgIpc) is 2.34. The van der Waals surface area contributed by atoms with Gasteiger partial charge in [-0.05, 0) is 24.5 Å². The Hall–Kier alpha value is -1.58. The molecular weight excluding hydrogens is 252 g/mol. The van der Waals surface area contributed by atoms with E-state index in [1.165, 1.54) is 0 Å². The van der Waals surface area contributed by atoms with E-state index in [0.29, 0.717) is 12.1 Å². The van der Waals surface area contributed by atoms with Gasteiger partial charge in [0.25, 0.3) is 0 Å². The molecule has 1 heterocycles. The average molecular weight is 268 g/mol. The van der Waals surface area contributed by atoms with E-state index < -0.39 is 10.0 Å². The summed E-state index contributed by atoms with van der Waals surface area (Å²) in [7, 11) is -3.34. The fraction of sp³-hybridized carbons (Fsp3) is 0.417. The molecule has 1 aromatic rings. The van der Waals surface area contributed by atoms with Gasteiger partial charge in [-0.15, -0.1) is 0 Å². The smallest absolute Gasteiger partial charge is 0.233 e. The largest absolute Gasteiger partial charge is 0.384 e. The molecule has 0 radical (unpaired) electrons. The third-order valence-electron chi connectivity index (χ3n) is 2.07. The molecule has 0 saturated carbocycles. The Morgan fingerprint density at radius 3 is 2.89 bits per heavy atom. The number of pyridine rings is 1. The molecule has 0 fully saturated rings. The first-order valence-electron chi connectivity index (χ1n) is 5.64. The van der Waals surface area contributed by atoms with Gasteiger partial charge in [-0.25, -0.2) is 13.4 Å². The first-order chi connectivity index (χ1) is 8.57. The second kappa shape index (κ2) is 6.99. The van der Waals surface area contributed by atoms with Crippen molar-refractivity contribution in [3.63, 3.8) is 0 Å². The standard InChI is InChI=1S/C12H16N2O3S/c1-2-3-10-18(16,17)14-12-8-4-6-11(13-12)7-5-9-15/h4,6,8,15H,2-3,9-10H2,1H3,(H,13,14). The van der Waals surface area contributed by atoms with Gasteiger partial charge in [-0.1, -0.05) is 25.3 Å². The summed E-state index contributed by atoms with van der Waals surface area (Å²) in [6.07, 6.45) is 1.43. The highest BCUT2D eigenvalue weighted by molar-refractivity contribution is 7.92. The molecule has 0 spiro atoms. The van der Waals surface area contributed by atoms with Crippen molar-refractivity contribution in [2.24, 2.45) is 0 Å². The van der Waals surface area contributed by atoms with Crippen molar-refractivity contribution in [3.8, 4) is 11.8 Å². The number of hydrogen-bond acceptors (Lipinski definition) is 4. The minimum Gasteiger partial charge on any atom is -0.384 e. The number of aliphatic hydroxyl groups is 1. The molecule has 6 heteroatoms. The number of anilines is 1. The summed E-state index contributed by atoms with van der Waals surface area (Å²) in [6.45, 7) is 1.67. The summed E-state index contributed by atoms with van der Waals surface area (Å²) in [5, 5.41) is 8.57. The molecule has 5 nitrogen and oxygen atoms in total. The molecule has 0 amide bonds. The van der Waals surface area contributed by atoms with Crippen LogP contribution in [0.4, 0.5) is 5.82 Å². The predicted molar refractivity (Wildman–Crippen MR) is 70.5 cm³/mol. The van der Waals surface area contributed by atoms with Crippen LogP contribution < -0.4 is 4.72 Å². The topological polar surface area (TPSA) is 79.3 Å². The molecule has 1 rings (SSSR count). The van der Waals surface area contributed by atoms with Crippen LogP contribution in [0.15, 0.2) is 18.2 Å². The molecule has 0 saturated heterocycles. The number of aromatic nitrogens is 1. The van der Waals surface area contributed by atoms with Crippen LogP contribution in [0.3, 0.4) is 0 Å². The summed E-state index contributed by atoms with van der Waals surface area (Å²) < 4.78 is 25.7. The SMILES string of the molecule is CCCCS(=O)(=O)Nc1cccc(C#CCO)n1. The van der Waals surface area contributed by atoms with Crippen LogP contribution in [0, 0.1) is 11.8 Å². The lowest BCUT2D eigenvalue weighted by molar-refractivity contribution is 0.350. The van der Waals surface area contributed by atoms with Crippen molar-refractivity contribution in [1.29, 1.82) is 0 Å². The zero-order chi connectivity index (χ0) is 13.4. The number of rotatable bonds is 5. The number of nitrogens with zero attached hydrogens (tertiary/aromatic N) is 1. The number of hydrogen-bond donors (Lipinski definition) is 2. The van der Waals surface area contributed by atoms with Crippen LogP contribution in [0.5, 0.6) is 0 Å². The molecule has 98 valence electrons. The van der Waals surface area contributed by atoms with Gasteiger partial charge >= 0.3 is 0 Å². The number of unbranched alkanes of at least 4 members (excludes halogenated alkanes) is 1. The number of sulfonamides is 1. The molecule has 0 aromatic carbocycles. The Balaban J connectivity index is 2.79. The zero-order valence-corrected chi connectivity index (χ0v) is 11.0. The minimum atomic E-state index is -3.34. The Labute approximate surface area is 107 Å². The number of nitrogens with one attached hydrogen (secondary N) is 1. The van der Waals surface area contributed by atoms with E-state index in [0.717, 1.165) is 6.42 Å². The van der Waals surface area contributed by atoms with Gasteiger partial charge in [0.2, 0.25) is 10.0 Å². The van der Waals surface area contributed by atoms with Crippen LogP contribution in [0.1, 0.15) is 25.5 Å². The summed E-state index contributed by atoms with van der Waals surface area (Å²) in [6, 6.07) is 4.87. The van der Waals surface area contributed by atoms with Crippen LogP contribution in [-0.2, 0) is 10.0 Å². The van der Waals surface area contributed by atoms with Crippen LogP contribution >= 0.6 is 0 Å². The van der Waals surface area contributed by atoms with Crippen LogP contribution in [0.25, 0.3) is 0 Å². The van der Waals surface area contributed by atoms with E-state index in [4.69, 9.17) is 5.11 Å². The van der Waals surface area contributed by atoms with Crippen molar-refractivity contribution in [2.45, 2.75) is 19.8 Å². The Morgan fingerprint density at radius 1 is 1.44 bits per heavy atom. The van der Waals surface area contributed by atoms with Crippen molar-refractivity contribution in [1.82, 2.24) is 4.98 Å². The van der Waals surface area contributed by atoms with Gasteiger partial charge in [0.05, 0.1) is 5.75 Å². The lowest BCUT2D eigenvalue weighted by Crippen LogP contribution is -2.17. The molecule has 2 N–H and O–H groups in total. The van der Waals surface area contributed by atoms with Crippen molar-refractivity contribution in [2.75, 3.05) is 17.1 Å². The van der Waals surface area contributed by atoms with Crippen molar-refractivity contribution < 1.29 is 13.5 Å². The quantitative estimate of drug-likeness (QED) is 0.780. The van der Waals surface area contributed by atoms with Crippen molar-refractivity contribution in [3.05, 3.63) is 23.9 Å². The first kappa shape index (κ1) is 14.5. The van der Waals surface area contributed by atoms with Gasteiger partial charge in [-0.3, -0.25) is 4.72 Å². The van der Waals surface area contributed by atoms with Gasteiger partial charge in [0, 0.05) is 0 Å². The molecule has 18 heavy (non-hydrogen) atoms.